The van der Waals surface area contributed by atoms with Crippen LogP contribution in [0, 0.1) is 5.92 Å². The first-order valence-electron chi connectivity index (χ1n) is 8.54. The fourth-order valence-corrected chi connectivity index (χ4v) is 3.56. The first kappa shape index (κ1) is 18.5. The lowest BCUT2D eigenvalue weighted by molar-refractivity contribution is -0.136. The van der Waals surface area contributed by atoms with Gasteiger partial charge >= 0.3 is 0 Å². The molecule has 136 valence electrons. The Morgan fingerprint density at radius 3 is 2.80 bits per heavy atom. The molecule has 4 rings (SSSR count). The standard InChI is InChI=1S/C17H22ClN5O.ClH/c18-14-2-3-16-20-15(12-23(16)10-14)11-21-4-1-5-22(7-6-21)17(24)13-8-19-9-13;/h2-3,10,12-13,19H,1,4-9,11H2;1H. The van der Waals surface area contributed by atoms with Crippen LogP contribution in [0.4, 0.5) is 0 Å². The van der Waals surface area contributed by atoms with Gasteiger partial charge < -0.3 is 14.6 Å². The Hall–Kier alpha value is -1.34. The molecule has 2 fully saturated rings. The Bertz CT molecular complexity index is 746. The minimum atomic E-state index is 0. The van der Waals surface area contributed by atoms with Gasteiger partial charge in [-0.1, -0.05) is 11.6 Å². The highest BCUT2D eigenvalue weighted by atomic mass is 35.5. The topological polar surface area (TPSA) is 52.9 Å². The third kappa shape index (κ3) is 4.08. The van der Waals surface area contributed by atoms with Gasteiger partial charge in [0.25, 0.3) is 0 Å². The van der Waals surface area contributed by atoms with Crippen molar-refractivity contribution in [1.82, 2.24) is 24.5 Å². The SMILES string of the molecule is Cl.O=C(C1CNC1)N1CCCN(Cc2cn3cc(Cl)ccc3n2)CC1. The molecular weight excluding hydrogens is 361 g/mol. The van der Waals surface area contributed by atoms with Crippen LogP contribution < -0.4 is 5.32 Å². The Morgan fingerprint density at radius 2 is 2.04 bits per heavy atom. The van der Waals surface area contributed by atoms with Crippen LogP contribution in [0.1, 0.15) is 12.1 Å². The number of nitrogens with one attached hydrogen (secondary N) is 1. The zero-order valence-electron chi connectivity index (χ0n) is 14.0. The lowest BCUT2D eigenvalue weighted by atomic mass is 10.0. The molecule has 1 N–H and O–H groups in total. The van der Waals surface area contributed by atoms with Gasteiger partial charge in [0.05, 0.1) is 16.6 Å². The predicted octanol–water partition coefficient (Wildman–Crippen LogP) is 1.66. The van der Waals surface area contributed by atoms with Crippen LogP contribution in [0.25, 0.3) is 5.65 Å². The number of nitrogens with zero attached hydrogens (tertiary/aromatic N) is 4. The lowest BCUT2D eigenvalue weighted by Gasteiger charge is -2.31. The molecule has 6 nitrogen and oxygen atoms in total. The van der Waals surface area contributed by atoms with Crippen molar-refractivity contribution in [3.8, 4) is 0 Å². The van der Waals surface area contributed by atoms with Crippen molar-refractivity contribution in [3.05, 3.63) is 35.2 Å². The fourth-order valence-electron chi connectivity index (χ4n) is 3.39. The highest BCUT2D eigenvalue weighted by molar-refractivity contribution is 6.30. The van der Waals surface area contributed by atoms with E-state index in [4.69, 9.17) is 11.6 Å². The molecule has 0 aliphatic carbocycles. The van der Waals surface area contributed by atoms with Gasteiger partial charge in [-0.25, -0.2) is 4.98 Å². The van der Waals surface area contributed by atoms with Crippen LogP contribution in [0.15, 0.2) is 24.5 Å². The summed E-state index contributed by atoms with van der Waals surface area (Å²) in [7, 11) is 0. The Morgan fingerprint density at radius 1 is 1.20 bits per heavy atom. The molecule has 0 saturated carbocycles. The van der Waals surface area contributed by atoms with E-state index < -0.39 is 0 Å². The number of hydrogen-bond donors (Lipinski definition) is 1. The fraction of sp³-hybridized carbons (Fsp3) is 0.529. The van der Waals surface area contributed by atoms with Crippen molar-refractivity contribution >= 4 is 35.6 Å². The number of amides is 1. The number of rotatable bonds is 3. The molecule has 2 aliphatic heterocycles. The minimum absolute atomic E-state index is 0. The molecule has 2 aromatic rings. The summed E-state index contributed by atoms with van der Waals surface area (Å²) >= 11 is 6.03. The second-order valence-corrected chi connectivity index (χ2v) is 7.09. The molecule has 8 heteroatoms. The molecule has 2 saturated heterocycles. The average Bonchev–Trinajstić information content (AvgIpc) is 2.73. The number of imidazole rings is 1. The number of pyridine rings is 1. The van der Waals surface area contributed by atoms with Crippen LogP contribution in [0.5, 0.6) is 0 Å². The highest BCUT2D eigenvalue weighted by Crippen LogP contribution is 2.15. The van der Waals surface area contributed by atoms with Gasteiger partial charge in [0, 0.05) is 58.2 Å². The van der Waals surface area contributed by atoms with Crippen LogP contribution in [0.2, 0.25) is 5.02 Å². The second kappa shape index (κ2) is 7.91. The van der Waals surface area contributed by atoms with Gasteiger partial charge in [0.2, 0.25) is 5.91 Å². The predicted molar refractivity (Wildman–Crippen MR) is 100 cm³/mol. The summed E-state index contributed by atoms with van der Waals surface area (Å²) in [5.41, 5.74) is 1.96. The summed E-state index contributed by atoms with van der Waals surface area (Å²) in [6, 6.07) is 3.79. The van der Waals surface area contributed by atoms with E-state index in [9.17, 15) is 4.79 Å². The van der Waals surface area contributed by atoms with Gasteiger partial charge in [0.15, 0.2) is 0 Å². The van der Waals surface area contributed by atoms with E-state index in [1.165, 1.54) is 0 Å². The van der Waals surface area contributed by atoms with Gasteiger partial charge in [0.1, 0.15) is 5.65 Å². The summed E-state index contributed by atoms with van der Waals surface area (Å²) < 4.78 is 1.97. The Balaban J connectivity index is 0.00000182. The maximum Gasteiger partial charge on any atom is 0.228 e. The third-order valence-corrected chi connectivity index (χ3v) is 5.10. The van der Waals surface area contributed by atoms with Gasteiger partial charge in [-0.15, -0.1) is 12.4 Å². The van der Waals surface area contributed by atoms with Crippen molar-refractivity contribution in [2.75, 3.05) is 39.3 Å². The molecule has 0 atom stereocenters. The molecule has 0 radical (unpaired) electrons. The summed E-state index contributed by atoms with van der Waals surface area (Å²) in [6.07, 6.45) is 4.93. The van der Waals surface area contributed by atoms with Crippen molar-refractivity contribution in [2.24, 2.45) is 5.92 Å². The van der Waals surface area contributed by atoms with E-state index in [-0.39, 0.29) is 18.3 Å². The first-order valence-corrected chi connectivity index (χ1v) is 8.92. The van der Waals surface area contributed by atoms with Crippen LogP contribution in [-0.4, -0.2) is 64.4 Å². The molecular formula is C17H23Cl2N5O. The van der Waals surface area contributed by atoms with Crippen molar-refractivity contribution in [1.29, 1.82) is 0 Å². The lowest BCUT2D eigenvalue weighted by Crippen LogP contribution is -2.52. The minimum Gasteiger partial charge on any atom is -0.341 e. The third-order valence-electron chi connectivity index (χ3n) is 4.88. The van der Waals surface area contributed by atoms with E-state index in [2.05, 4.69) is 15.2 Å². The number of carbonyl (C=O) groups excluding carboxylic acids is 1. The quantitative estimate of drug-likeness (QED) is 0.875. The highest BCUT2D eigenvalue weighted by Gasteiger charge is 2.30. The smallest absolute Gasteiger partial charge is 0.228 e. The molecule has 1 amide bonds. The van der Waals surface area contributed by atoms with Crippen LogP contribution in [0.3, 0.4) is 0 Å². The summed E-state index contributed by atoms with van der Waals surface area (Å²) in [4.78, 5) is 21.5. The van der Waals surface area contributed by atoms with Gasteiger partial charge in [-0.2, -0.15) is 0 Å². The summed E-state index contributed by atoms with van der Waals surface area (Å²) in [5, 5.41) is 3.89. The van der Waals surface area contributed by atoms with Crippen molar-refractivity contribution < 1.29 is 4.79 Å². The van der Waals surface area contributed by atoms with E-state index in [0.717, 1.165) is 63.6 Å². The Kier molecular flexibility index (Phi) is 5.84. The van der Waals surface area contributed by atoms with E-state index in [0.29, 0.717) is 10.9 Å². The second-order valence-electron chi connectivity index (χ2n) is 6.66. The van der Waals surface area contributed by atoms with E-state index in [1.807, 2.05) is 33.8 Å². The summed E-state index contributed by atoms with van der Waals surface area (Å²) in [6.45, 7) is 6.07. The van der Waals surface area contributed by atoms with Crippen molar-refractivity contribution in [2.45, 2.75) is 13.0 Å². The number of hydrogen-bond acceptors (Lipinski definition) is 4. The normalized spacial score (nSPS) is 19.3. The van der Waals surface area contributed by atoms with E-state index in [1.54, 1.807) is 0 Å². The summed E-state index contributed by atoms with van der Waals surface area (Å²) in [5.74, 6) is 0.512. The average molecular weight is 384 g/mol. The van der Waals surface area contributed by atoms with Gasteiger partial charge in [-0.05, 0) is 18.6 Å². The number of halogens is 2. The molecule has 2 aliphatic rings. The molecule has 0 bridgehead atoms. The zero-order valence-corrected chi connectivity index (χ0v) is 15.6. The number of carbonyl (C=O) groups is 1. The van der Waals surface area contributed by atoms with Crippen molar-refractivity contribution in [3.63, 3.8) is 0 Å². The number of aromatic nitrogens is 2. The molecule has 0 unspecified atom stereocenters. The largest absolute Gasteiger partial charge is 0.341 e. The number of fused-ring (bicyclic) bond motifs is 1. The zero-order chi connectivity index (χ0) is 16.5. The molecule has 25 heavy (non-hydrogen) atoms. The maximum atomic E-state index is 12.4. The van der Waals surface area contributed by atoms with Crippen LogP contribution in [-0.2, 0) is 11.3 Å². The molecule has 2 aromatic heterocycles. The maximum absolute atomic E-state index is 12.4. The molecule has 0 aromatic carbocycles. The first-order chi connectivity index (χ1) is 11.7. The monoisotopic (exact) mass is 383 g/mol. The Labute approximate surface area is 158 Å². The van der Waals surface area contributed by atoms with Crippen LogP contribution >= 0.6 is 24.0 Å². The molecule has 4 heterocycles. The van der Waals surface area contributed by atoms with E-state index >= 15 is 0 Å². The molecule has 0 spiro atoms. The van der Waals surface area contributed by atoms with Gasteiger partial charge in [-0.3, -0.25) is 9.69 Å².